The van der Waals surface area contributed by atoms with E-state index in [1.165, 1.54) is 12.1 Å². The van der Waals surface area contributed by atoms with Gasteiger partial charge in [0.1, 0.15) is 11.9 Å². The first kappa shape index (κ1) is 20.0. The molecule has 154 valence electrons. The van der Waals surface area contributed by atoms with Crippen LogP contribution in [0.15, 0.2) is 65.7 Å². The van der Waals surface area contributed by atoms with Crippen LogP contribution in [0.2, 0.25) is 0 Å². The predicted molar refractivity (Wildman–Crippen MR) is 113 cm³/mol. The van der Waals surface area contributed by atoms with Crippen LogP contribution in [-0.4, -0.2) is 42.6 Å². The number of amidine groups is 1. The molecule has 3 aromatic rings. The maximum atomic E-state index is 12.8. The standard InChI is InChI=1S/C21H21N5O3S/c22-20(23)16-4-1-3-14(11-16)13-26-10-8-18(21(26)27)25-30(28,29)17-7-6-15-5-2-9-24-19(15)12-17/h1-7,9,11-12,18,25H,8,10,13H2,(H3,22,23)/t18-/m0/s1. The van der Waals surface area contributed by atoms with Crippen LogP contribution >= 0.6 is 0 Å². The second-order valence-electron chi connectivity index (χ2n) is 7.19. The number of carbonyl (C=O) groups is 1. The number of nitrogens with zero attached hydrogens (tertiary/aromatic N) is 2. The van der Waals surface area contributed by atoms with Crippen LogP contribution in [0.4, 0.5) is 0 Å². The number of hydrogen-bond donors (Lipinski definition) is 3. The SMILES string of the molecule is N=C(N)c1cccc(CN2CC[C@H](NS(=O)(=O)c3ccc4cccnc4c3)C2=O)c1. The number of aromatic nitrogens is 1. The summed E-state index contributed by atoms with van der Waals surface area (Å²) in [6.07, 6.45) is 1.99. The molecule has 1 atom stereocenters. The van der Waals surface area contributed by atoms with Gasteiger partial charge >= 0.3 is 0 Å². The van der Waals surface area contributed by atoms with Crippen LogP contribution in [0.1, 0.15) is 17.5 Å². The zero-order valence-corrected chi connectivity index (χ0v) is 16.9. The Morgan fingerprint density at radius 3 is 2.83 bits per heavy atom. The van der Waals surface area contributed by atoms with Crippen LogP contribution in [0, 0.1) is 5.41 Å². The van der Waals surface area contributed by atoms with Crippen molar-refractivity contribution < 1.29 is 13.2 Å². The van der Waals surface area contributed by atoms with E-state index in [0.29, 0.717) is 30.6 Å². The third-order valence-corrected chi connectivity index (χ3v) is 6.56. The molecule has 0 unspecified atom stereocenters. The number of carbonyl (C=O) groups excluding carboxylic acids is 1. The zero-order valence-electron chi connectivity index (χ0n) is 16.1. The van der Waals surface area contributed by atoms with Crippen LogP contribution in [0.25, 0.3) is 10.9 Å². The molecule has 2 heterocycles. The van der Waals surface area contributed by atoms with Gasteiger partial charge in [0.05, 0.1) is 10.4 Å². The number of rotatable bonds is 6. The lowest BCUT2D eigenvalue weighted by Gasteiger charge is -2.18. The Bertz CT molecular complexity index is 1240. The van der Waals surface area contributed by atoms with E-state index in [9.17, 15) is 13.2 Å². The Kier molecular flexibility index (Phi) is 5.23. The lowest BCUT2D eigenvalue weighted by Crippen LogP contribution is -2.41. The fourth-order valence-corrected chi connectivity index (χ4v) is 4.77. The Morgan fingerprint density at radius 1 is 1.20 bits per heavy atom. The Hall–Kier alpha value is -3.30. The Morgan fingerprint density at radius 2 is 2.03 bits per heavy atom. The van der Waals surface area contributed by atoms with Gasteiger partial charge in [0.2, 0.25) is 15.9 Å². The van der Waals surface area contributed by atoms with Crippen molar-refractivity contribution in [2.45, 2.75) is 23.9 Å². The molecule has 1 aliphatic heterocycles. The molecule has 0 radical (unpaired) electrons. The van der Waals surface area contributed by atoms with Crippen molar-refractivity contribution in [2.24, 2.45) is 5.73 Å². The summed E-state index contributed by atoms with van der Waals surface area (Å²) in [5.74, 6) is -0.314. The minimum atomic E-state index is -3.86. The second-order valence-corrected chi connectivity index (χ2v) is 8.91. The topological polar surface area (TPSA) is 129 Å². The van der Waals surface area contributed by atoms with E-state index in [1.54, 1.807) is 41.4 Å². The first-order valence-electron chi connectivity index (χ1n) is 9.43. The summed E-state index contributed by atoms with van der Waals surface area (Å²) < 4.78 is 28.2. The second kappa shape index (κ2) is 7.85. The highest BCUT2D eigenvalue weighted by Gasteiger charge is 2.35. The van der Waals surface area contributed by atoms with Gasteiger partial charge in [0, 0.05) is 30.2 Å². The van der Waals surface area contributed by atoms with Gasteiger partial charge in [-0.1, -0.05) is 30.3 Å². The maximum Gasteiger partial charge on any atom is 0.241 e. The van der Waals surface area contributed by atoms with Gasteiger partial charge in [-0.3, -0.25) is 15.2 Å². The van der Waals surface area contributed by atoms with E-state index in [1.807, 2.05) is 12.1 Å². The summed E-state index contributed by atoms with van der Waals surface area (Å²) in [4.78, 5) is 18.6. The number of likely N-dealkylation sites (tertiary alicyclic amines) is 1. The molecule has 0 saturated carbocycles. The third-order valence-electron chi connectivity index (χ3n) is 5.09. The van der Waals surface area contributed by atoms with Crippen molar-refractivity contribution >= 4 is 32.7 Å². The molecule has 0 aliphatic carbocycles. The molecule has 1 saturated heterocycles. The van der Waals surface area contributed by atoms with Gasteiger partial charge < -0.3 is 10.6 Å². The van der Waals surface area contributed by atoms with Crippen molar-refractivity contribution in [3.05, 3.63) is 71.9 Å². The fraction of sp³-hybridized carbons (Fsp3) is 0.190. The van der Waals surface area contributed by atoms with Crippen molar-refractivity contribution in [1.82, 2.24) is 14.6 Å². The molecule has 2 aromatic carbocycles. The molecule has 0 spiro atoms. The zero-order chi connectivity index (χ0) is 21.3. The number of hydrogen-bond acceptors (Lipinski definition) is 5. The Balaban J connectivity index is 1.48. The average Bonchev–Trinajstić information content (AvgIpc) is 3.06. The number of benzene rings is 2. The first-order valence-corrected chi connectivity index (χ1v) is 10.9. The molecular weight excluding hydrogens is 402 g/mol. The monoisotopic (exact) mass is 423 g/mol. The number of pyridine rings is 1. The van der Waals surface area contributed by atoms with Crippen LogP contribution in [0.3, 0.4) is 0 Å². The third kappa shape index (κ3) is 4.03. The molecule has 4 rings (SSSR count). The van der Waals surface area contributed by atoms with Crippen LogP contribution in [-0.2, 0) is 21.4 Å². The van der Waals surface area contributed by atoms with Gasteiger partial charge in [-0.15, -0.1) is 0 Å². The number of fused-ring (bicyclic) bond motifs is 1. The lowest BCUT2D eigenvalue weighted by atomic mass is 10.1. The molecular formula is C21H21N5O3S. The predicted octanol–water partition coefficient (Wildman–Crippen LogP) is 1.60. The van der Waals surface area contributed by atoms with Crippen molar-refractivity contribution in [2.75, 3.05) is 6.54 Å². The molecule has 1 aromatic heterocycles. The number of nitrogen functional groups attached to an aromatic ring is 1. The van der Waals surface area contributed by atoms with E-state index in [4.69, 9.17) is 11.1 Å². The minimum Gasteiger partial charge on any atom is -0.384 e. The van der Waals surface area contributed by atoms with Crippen molar-refractivity contribution in [3.8, 4) is 0 Å². The van der Waals surface area contributed by atoms with Gasteiger partial charge in [0.25, 0.3) is 0 Å². The quantitative estimate of drug-likeness (QED) is 0.410. The molecule has 1 aliphatic rings. The van der Waals surface area contributed by atoms with Crippen LogP contribution in [0.5, 0.6) is 0 Å². The van der Waals surface area contributed by atoms with Gasteiger partial charge in [0.15, 0.2) is 0 Å². The molecule has 30 heavy (non-hydrogen) atoms. The molecule has 1 amide bonds. The van der Waals surface area contributed by atoms with Crippen molar-refractivity contribution in [1.29, 1.82) is 5.41 Å². The smallest absolute Gasteiger partial charge is 0.241 e. The lowest BCUT2D eigenvalue weighted by molar-refractivity contribution is -0.129. The van der Waals surface area contributed by atoms with Crippen molar-refractivity contribution in [3.63, 3.8) is 0 Å². The highest BCUT2D eigenvalue weighted by atomic mass is 32.2. The highest BCUT2D eigenvalue weighted by molar-refractivity contribution is 7.89. The van der Waals surface area contributed by atoms with Gasteiger partial charge in [-0.05, 0) is 36.2 Å². The summed E-state index contributed by atoms with van der Waals surface area (Å²) in [6, 6.07) is 14.6. The van der Waals surface area contributed by atoms with E-state index in [0.717, 1.165) is 10.9 Å². The summed E-state index contributed by atoms with van der Waals surface area (Å²) in [6.45, 7) is 0.771. The number of nitrogens with one attached hydrogen (secondary N) is 2. The fourth-order valence-electron chi connectivity index (χ4n) is 3.53. The summed E-state index contributed by atoms with van der Waals surface area (Å²) in [7, 11) is -3.86. The summed E-state index contributed by atoms with van der Waals surface area (Å²) in [5, 5.41) is 8.38. The van der Waals surface area contributed by atoms with Crippen LogP contribution < -0.4 is 10.5 Å². The minimum absolute atomic E-state index is 0.0416. The number of sulfonamides is 1. The maximum absolute atomic E-state index is 12.8. The number of nitrogens with two attached hydrogens (primary N) is 1. The summed E-state index contributed by atoms with van der Waals surface area (Å²) in [5.41, 5.74) is 7.51. The summed E-state index contributed by atoms with van der Waals surface area (Å²) >= 11 is 0. The van der Waals surface area contributed by atoms with Gasteiger partial charge in [-0.25, -0.2) is 8.42 Å². The largest absolute Gasteiger partial charge is 0.384 e. The molecule has 4 N–H and O–H groups in total. The molecule has 9 heteroatoms. The highest BCUT2D eigenvalue weighted by Crippen LogP contribution is 2.21. The van der Waals surface area contributed by atoms with E-state index in [2.05, 4.69) is 9.71 Å². The van der Waals surface area contributed by atoms with E-state index in [-0.39, 0.29) is 16.6 Å². The van der Waals surface area contributed by atoms with E-state index < -0.39 is 16.1 Å². The Labute approximate surface area is 174 Å². The molecule has 8 nitrogen and oxygen atoms in total. The number of amides is 1. The van der Waals surface area contributed by atoms with Gasteiger partial charge in [-0.2, -0.15) is 4.72 Å². The molecule has 0 bridgehead atoms. The average molecular weight is 423 g/mol. The first-order chi connectivity index (χ1) is 14.3. The van der Waals surface area contributed by atoms with E-state index >= 15 is 0 Å². The normalized spacial score (nSPS) is 16.9. The molecule has 1 fully saturated rings.